The Labute approximate surface area is 124 Å². The van der Waals surface area contributed by atoms with Crippen LogP contribution in [-0.4, -0.2) is 51.8 Å². The number of anilines is 1. The number of hydrogen-bond donors (Lipinski definition) is 0. The fourth-order valence-corrected chi connectivity index (χ4v) is 2.48. The monoisotopic (exact) mass is 285 g/mol. The first-order valence-electron chi connectivity index (χ1n) is 7.16. The van der Waals surface area contributed by atoms with Crippen molar-refractivity contribution in [2.45, 2.75) is 13.5 Å². The molecule has 1 fully saturated rings. The van der Waals surface area contributed by atoms with Crippen LogP contribution in [0.15, 0.2) is 36.7 Å². The summed E-state index contributed by atoms with van der Waals surface area (Å²) < 4.78 is 1.90. The van der Waals surface area contributed by atoms with Gasteiger partial charge in [-0.25, -0.2) is 0 Å². The van der Waals surface area contributed by atoms with E-state index in [1.807, 2.05) is 53.0 Å². The van der Waals surface area contributed by atoms with Gasteiger partial charge in [0, 0.05) is 38.6 Å². The Kier molecular flexibility index (Phi) is 3.85. The second-order valence-electron chi connectivity index (χ2n) is 5.26. The van der Waals surface area contributed by atoms with Crippen LogP contribution in [0.2, 0.25) is 0 Å². The van der Waals surface area contributed by atoms with Crippen LogP contribution in [0.5, 0.6) is 0 Å². The van der Waals surface area contributed by atoms with Gasteiger partial charge in [0.25, 0.3) is 0 Å². The normalized spacial score (nSPS) is 15.3. The zero-order valence-electron chi connectivity index (χ0n) is 12.1. The lowest BCUT2D eigenvalue weighted by Crippen LogP contribution is -2.49. The third-order valence-corrected chi connectivity index (χ3v) is 3.72. The molecule has 0 unspecified atom stereocenters. The molecular formula is C15H19N5O. The van der Waals surface area contributed by atoms with E-state index in [1.165, 1.54) is 0 Å². The summed E-state index contributed by atoms with van der Waals surface area (Å²) >= 11 is 0. The minimum atomic E-state index is 0.167. The van der Waals surface area contributed by atoms with Gasteiger partial charge in [0.05, 0.1) is 5.69 Å². The summed E-state index contributed by atoms with van der Waals surface area (Å²) in [5, 5.41) is 8.28. The number of aryl methyl sites for hydroxylation is 1. The van der Waals surface area contributed by atoms with Gasteiger partial charge >= 0.3 is 0 Å². The summed E-state index contributed by atoms with van der Waals surface area (Å²) in [6.45, 7) is 5.40. The number of piperazine rings is 1. The summed E-state index contributed by atoms with van der Waals surface area (Å²) in [7, 11) is 0. The molecule has 1 saturated heterocycles. The van der Waals surface area contributed by atoms with Crippen LogP contribution >= 0.6 is 0 Å². The molecule has 6 nitrogen and oxygen atoms in total. The van der Waals surface area contributed by atoms with Gasteiger partial charge in [-0.3, -0.25) is 4.79 Å². The third kappa shape index (κ3) is 3.21. The Balaban J connectivity index is 1.55. The van der Waals surface area contributed by atoms with Crippen molar-refractivity contribution in [1.82, 2.24) is 19.7 Å². The molecule has 2 aromatic heterocycles. The highest BCUT2D eigenvalue weighted by Gasteiger charge is 2.21. The maximum atomic E-state index is 12.2. The van der Waals surface area contributed by atoms with E-state index in [0.29, 0.717) is 6.54 Å². The van der Waals surface area contributed by atoms with Gasteiger partial charge in [-0.1, -0.05) is 0 Å². The van der Waals surface area contributed by atoms with Gasteiger partial charge in [0.1, 0.15) is 6.54 Å². The van der Waals surface area contributed by atoms with E-state index in [0.717, 1.165) is 37.7 Å². The Morgan fingerprint density at radius 1 is 1.10 bits per heavy atom. The minimum Gasteiger partial charge on any atom is -0.352 e. The van der Waals surface area contributed by atoms with Crippen LogP contribution in [0, 0.1) is 6.92 Å². The van der Waals surface area contributed by atoms with E-state index >= 15 is 0 Å². The van der Waals surface area contributed by atoms with Crippen molar-refractivity contribution in [2.75, 3.05) is 31.1 Å². The minimum absolute atomic E-state index is 0.167. The molecule has 2 aromatic rings. The predicted molar refractivity (Wildman–Crippen MR) is 80.0 cm³/mol. The molecule has 0 N–H and O–H groups in total. The molecule has 1 aliphatic heterocycles. The number of nitrogens with zero attached hydrogens (tertiary/aromatic N) is 5. The molecule has 3 rings (SSSR count). The van der Waals surface area contributed by atoms with Crippen molar-refractivity contribution in [3.8, 4) is 0 Å². The molecule has 21 heavy (non-hydrogen) atoms. The average Bonchev–Trinajstić information content (AvgIpc) is 3.01. The molecule has 0 saturated carbocycles. The van der Waals surface area contributed by atoms with Crippen molar-refractivity contribution >= 4 is 11.7 Å². The average molecular weight is 285 g/mol. The van der Waals surface area contributed by atoms with Gasteiger partial charge in [-0.15, -0.1) is 5.10 Å². The van der Waals surface area contributed by atoms with Crippen molar-refractivity contribution in [3.05, 3.63) is 42.4 Å². The van der Waals surface area contributed by atoms with Gasteiger partial charge in [-0.2, -0.15) is 5.10 Å². The fraction of sp³-hybridized carbons (Fsp3) is 0.400. The Bertz CT molecular complexity index is 585. The van der Waals surface area contributed by atoms with Crippen LogP contribution in [0.3, 0.4) is 0 Å². The largest absolute Gasteiger partial charge is 0.352 e. The summed E-state index contributed by atoms with van der Waals surface area (Å²) in [4.78, 5) is 16.3. The molecule has 0 spiro atoms. The summed E-state index contributed by atoms with van der Waals surface area (Å²) in [6, 6.07) is 7.81. The van der Waals surface area contributed by atoms with Crippen molar-refractivity contribution in [1.29, 1.82) is 0 Å². The van der Waals surface area contributed by atoms with Crippen LogP contribution in [0.1, 0.15) is 5.69 Å². The maximum absolute atomic E-state index is 12.2. The molecule has 110 valence electrons. The van der Waals surface area contributed by atoms with E-state index in [9.17, 15) is 4.79 Å². The van der Waals surface area contributed by atoms with Crippen LogP contribution < -0.4 is 4.90 Å². The van der Waals surface area contributed by atoms with Gasteiger partial charge in [0.15, 0.2) is 5.82 Å². The zero-order chi connectivity index (χ0) is 14.7. The molecule has 0 aliphatic carbocycles. The predicted octanol–water partition coefficient (Wildman–Crippen LogP) is 0.935. The van der Waals surface area contributed by atoms with E-state index in [2.05, 4.69) is 15.1 Å². The Hall–Kier alpha value is -2.37. The Morgan fingerprint density at radius 3 is 2.43 bits per heavy atom. The first-order valence-corrected chi connectivity index (χ1v) is 7.16. The second kappa shape index (κ2) is 5.95. The quantitative estimate of drug-likeness (QED) is 0.842. The highest BCUT2D eigenvalue weighted by atomic mass is 16.2. The summed E-state index contributed by atoms with van der Waals surface area (Å²) in [5.74, 6) is 1.05. The smallest absolute Gasteiger partial charge is 0.242 e. The molecule has 3 heterocycles. The lowest BCUT2D eigenvalue weighted by atomic mass is 10.3. The maximum Gasteiger partial charge on any atom is 0.242 e. The zero-order valence-corrected chi connectivity index (χ0v) is 12.1. The van der Waals surface area contributed by atoms with Crippen molar-refractivity contribution in [3.63, 3.8) is 0 Å². The number of carbonyl (C=O) groups excluding carboxylic acids is 1. The topological polar surface area (TPSA) is 54.3 Å². The summed E-state index contributed by atoms with van der Waals surface area (Å²) in [5.41, 5.74) is 0.916. The molecule has 0 bridgehead atoms. The lowest BCUT2D eigenvalue weighted by Gasteiger charge is -2.35. The van der Waals surface area contributed by atoms with E-state index < -0.39 is 0 Å². The van der Waals surface area contributed by atoms with Gasteiger partial charge in [0.2, 0.25) is 5.91 Å². The highest BCUT2D eigenvalue weighted by Crippen LogP contribution is 2.13. The van der Waals surface area contributed by atoms with Crippen molar-refractivity contribution < 1.29 is 4.79 Å². The number of aromatic nitrogens is 3. The van der Waals surface area contributed by atoms with Crippen molar-refractivity contribution in [2.24, 2.45) is 0 Å². The molecule has 1 aliphatic rings. The molecule has 6 heteroatoms. The fourth-order valence-electron chi connectivity index (χ4n) is 2.48. The standard InChI is InChI=1S/C15H19N5O/c1-13-4-5-14(17-16-13)19-8-10-20(11-9-19)15(21)12-18-6-2-3-7-18/h2-7H,8-12H2,1H3. The highest BCUT2D eigenvalue weighted by molar-refractivity contribution is 5.76. The first-order chi connectivity index (χ1) is 10.2. The number of carbonyl (C=O) groups is 1. The number of hydrogen-bond acceptors (Lipinski definition) is 4. The second-order valence-corrected chi connectivity index (χ2v) is 5.26. The van der Waals surface area contributed by atoms with E-state index in [-0.39, 0.29) is 5.91 Å². The number of amides is 1. The van der Waals surface area contributed by atoms with Crippen LogP contribution in [0.25, 0.3) is 0 Å². The third-order valence-electron chi connectivity index (χ3n) is 3.72. The molecular weight excluding hydrogens is 266 g/mol. The lowest BCUT2D eigenvalue weighted by molar-refractivity contribution is -0.132. The van der Waals surface area contributed by atoms with E-state index in [1.54, 1.807) is 0 Å². The van der Waals surface area contributed by atoms with Crippen LogP contribution in [-0.2, 0) is 11.3 Å². The molecule has 0 aromatic carbocycles. The molecule has 1 amide bonds. The number of rotatable bonds is 3. The molecule has 0 radical (unpaired) electrons. The summed E-state index contributed by atoms with van der Waals surface area (Å²) in [6.07, 6.45) is 3.83. The van der Waals surface area contributed by atoms with Gasteiger partial charge < -0.3 is 14.4 Å². The van der Waals surface area contributed by atoms with Gasteiger partial charge in [-0.05, 0) is 31.2 Å². The Morgan fingerprint density at radius 2 is 1.81 bits per heavy atom. The van der Waals surface area contributed by atoms with E-state index in [4.69, 9.17) is 0 Å². The SMILES string of the molecule is Cc1ccc(N2CCN(C(=O)Cn3cccc3)CC2)nn1. The van der Waals surface area contributed by atoms with Crippen LogP contribution in [0.4, 0.5) is 5.82 Å². The molecule has 0 atom stereocenters. The first kappa shape index (κ1) is 13.6.